The predicted molar refractivity (Wildman–Crippen MR) is 73.3 cm³/mol. The molecule has 0 spiro atoms. The second-order valence-corrected chi connectivity index (χ2v) is 5.01. The van der Waals surface area contributed by atoms with E-state index in [-0.39, 0.29) is 18.3 Å². The maximum absolute atomic E-state index is 11.9. The molecule has 0 unspecified atom stereocenters. The van der Waals surface area contributed by atoms with Gasteiger partial charge in [0.2, 0.25) is 0 Å². The molecular weight excluding hydrogens is 258 g/mol. The molecule has 1 aliphatic rings. The van der Waals surface area contributed by atoms with E-state index in [2.05, 4.69) is 0 Å². The minimum atomic E-state index is -0.457. The van der Waals surface area contributed by atoms with Gasteiger partial charge in [-0.05, 0) is 37.5 Å². The number of phenolic OH excluding ortho intramolecular Hbond substituents is 1. The zero-order chi connectivity index (χ0) is 14.5. The Hall–Kier alpha value is -2.04. The minimum Gasteiger partial charge on any atom is -0.508 e. The van der Waals surface area contributed by atoms with Gasteiger partial charge in [0.1, 0.15) is 5.75 Å². The molecule has 1 fully saturated rings. The van der Waals surface area contributed by atoms with Crippen molar-refractivity contribution in [2.24, 2.45) is 0 Å². The lowest BCUT2D eigenvalue weighted by Gasteiger charge is -2.16. The van der Waals surface area contributed by atoms with E-state index in [9.17, 15) is 14.7 Å². The Balaban J connectivity index is 1.84. The van der Waals surface area contributed by atoms with Gasteiger partial charge in [-0.2, -0.15) is 0 Å². The Morgan fingerprint density at radius 2 is 1.85 bits per heavy atom. The number of likely N-dealkylation sites (tertiary alicyclic amines) is 1. The van der Waals surface area contributed by atoms with Gasteiger partial charge in [0.15, 0.2) is 6.61 Å². The molecule has 1 amide bonds. The van der Waals surface area contributed by atoms with Crippen LogP contribution >= 0.6 is 0 Å². The summed E-state index contributed by atoms with van der Waals surface area (Å²) in [6, 6.07) is 6.39. The maximum Gasteiger partial charge on any atom is 0.313 e. The van der Waals surface area contributed by atoms with Gasteiger partial charge < -0.3 is 14.7 Å². The number of benzene rings is 1. The summed E-state index contributed by atoms with van der Waals surface area (Å²) in [5, 5.41) is 9.21. The van der Waals surface area contributed by atoms with Crippen LogP contribution in [0.4, 0.5) is 0 Å². The molecule has 5 heteroatoms. The van der Waals surface area contributed by atoms with Gasteiger partial charge in [0, 0.05) is 13.1 Å². The first-order valence-corrected chi connectivity index (χ1v) is 6.81. The van der Waals surface area contributed by atoms with Gasteiger partial charge in [-0.3, -0.25) is 9.59 Å². The van der Waals surface area contributed by atoms with Gasteiger partial charge in [0.25, 0.3) is 5.91 Å². The van der Waals surface area contributed by atoms with Gasteiger partial charge in [0.05, 0.1) is 5.92 Å². The molecule has 0 bridgehead atoms. The van der Waals surface area contributed by atoms with E-state index in [0.717, 1.165) is 31.5 Å². The van der Waals surface area contributed by atoms with Crippen molar-refractivity contribution in [2.75, 3.05) is 19.7 Å². The highest BCUT2D eigenvalue weighted by molar-refractivity contribution is 5.83. The number of aromatic hydroxyl groups is 1. The van der Waals surface area contributed by atoms with Crippen LogP contribution in [0.15, 0.2) is 24.3 Å². The SMILES string of the molecule is C[C@H](C(=O)OCC(=O)N1CCCC1)c1ccc(O)cc1. The summed E-state index contributed by atoms with van der Waals surface area (Å²) in [7, 11) is 0. The number of hydrogen-bond acceptors (Lipinski definition) is 4. The predicted octanol–water partition coefficient (Wildman–Crippen LogP) is 1.66. The summed E-state index contributed by atoms with van der Waals surface area (Å²) in [4.78, 5) is 25.4. The summed E-state index contributed by atoms with van der Waals surface area (Å²) in [5.41, 5.74) is 0.751. The van der Waals surface area contributed by atoms with Gasteiger partial charge >= 0.3 is 5.97 Å². The third-order valence-electron chi connectivity index (χ3n) is 3.54. The van der Waals surface area contributed by atoms with Crippen LogP contribution in [0.3, 0.4) is 0 Å². The van der Waals surface area contributed by atoms with Gasteiger partial charge in [-0.25, -0.2) is 0 Å². The van der Waals surface area contributed by atoms with Crippen molar-refractivity contribution in [1.82, 2.24) is 4.90 Å². The molecule has 1 aromatic carbocycles. The van der Waals surface area contributed by atoms with Crippen molar-refractivity contribution in [3.8, 4) is 5.75 Å². The molecule has 1 aliphatic heterocycles. The number of ether oxygens (including phenoxy) is 1. The first-order valence-electron chi connectivity index (χ1n) is 6.81. The fraction of sp³-hybridized carbons (Fsp3) is 0.467. The minimum absolute atomic E-state index is 0.131. The molecule has 1 aromatic rings. The van der Waals surface area contributed by atoms with Crippen LogP contribution < -0.4 is 0 Å². The van der Waals surface area contributed by atoms with Crippen LogP contribution in [0.5, 0.6) is 5.75 Å². The third-order valence-corrected chi connectivity index (χ3v) is 3.54. The van der Waals surface area contributed by atoms with Crippen molar-refractivity contribution in [3.05, 3.63) is 29.8 Å². The van der Waals surface area contributed by atoms with E-state index in [0.29, 0.717) is 0 Å². The normalized spacial score (nSPS) is 15.9. The molecule has 20 heavy (non-hydrogen) atoms. The van der Waals surface area contributed by atoms with Crippen LogP contribution in [-0.2, 0) is 14.3 Å². The Morgan fingerprint density at radius 3 is 2.45 bits per heavy atom. The highest BCUT2D eigenvalue weighted by Crippen LogP contribution is 2.19. The van der Waals surface area contributed by atoms with Gasteiger partial charge in [-0.15, -0.1) is 0 Å². The Morgan fingerprint density at radius 1 is 1.25 bits per heavy atom. The van der Waals surface area contributed by atoms with E-state index in [1.54, 1.807) is 24.0 Å². The average Bonchev–Trinajstić information content (AvgIpc) is 2.98. The number of carbonyl (C=O) groups excluding carboxylic acids is 2. The molecular formula is C15H19NO4. The highest BCUT2D eigenvalue weighted by Gasteiger charge is 2.22. The number of hydrogen-bond donors (Lipinski definition) is 1. The lowest BCUT2D eigenvalue weighted by atomic mass is 10.0. The molecule has 5 nitrogen and oxygen atoms in total. The van der Waals surface area contributed by atoms with Crippen LogP contribution in [0, 0.1) is 0 Å². The monoisotopic (exact) mass is 277 g/mol. The molecule has 1 saturated heterocycles. The van der Waals surface area contributed by atoms with E-state index in [1.165, 1.54) is 12.1 Å². The molecule has 0 aliphatic carbocycles. The fourth-order valence-corrected chi connectivity index (χ4v) is 2.21. The van der Waals surface area contributed by atoms with Crippen molar-refractivity contribution < 1.29 is 19.4 Å². The van der Waals surface area contributed by atoms with Crippen LogP contribution in [0.25, 0.3) is 0 Å². The average molecular weight is 277 g/mol. The number of rotatable bonds is 4. The molecule has 1 atom stereocenters. The summed E-state index contributed by atoms with van der Waals surface area (Å²) < 4.78 is 5.07. The highest BCUT2D eigenvalue weighted by atomic mass is 16.5. The molecule has 1 heterocycles. The first kappa shape index (κ1) is 14.4. The summed E-state index contributed by atoms with van der Waals surface area (Å²) in [5.74, 6) is -0.863. The second-order valence-electron chi connectivity index (χ2n) is 5.01. The number of nitrogens with zero attached hydrogens (tertiary/aromatic N) is 1. The lowest BCUT2D eigenvalue weighted by molar-refractivity contribution is -0.152. The molecule has 0 saturated carbocycles. The third kappa shape index (κ3) is 3.50. The van der Waals surface area contributed by atoms with Gasteiger partial charge in [-0.1, -0.05) is 12.1 Å². The van der Waals surface area contributed by atoms with E-state index in [1.807, 2.05) is 0 Å². The second kappa shape index (κ2) is 6.41. The van der Waals surface area contributed by atoms with Crippen molar-refractivity contribution >= 4 is 11.9 Å². The zero-order valence-electron chi connectivity index (χ0n) is 11.5. The summed E-state index contributed by atoms with van der Waals surface area (Å²) in [6.45, 7) is 3.03. The fourth-order valence-electron chi connectivity index (χ4n) is 2.21. The van der Waals surface area contributed by atoms with Crippen molar-refractivity contribution in [1.29, 1.82) is 0 Å². The van der Waals surface area contributed by atoms with E-state index >= 15 is 0 Å². The van der Waals surface area contributed by atoms with Crippen LogP contribution in [-0.4, -0.2) is 41.6 Å². The van der Waals surface area contributed by atoms with Crippen molar-refractivity contribution in [2.45, 2.75) is 25.7 Å². The maximum atomic E-state index is 11.9. The number of phenols is 1. The van der Waals surface area contributed by atoms with E-state index in [4.69, 9.17) is 4.74 Å². The summed E-state index contributed by atoms with van der Waals surface area (Å²) in [6.07, 6.45) is 2.03. The Bertz CT molecular complexity index is 477. The van der Waals surface area contributed by atoms with Crippen molar-refractivity contribution in [3.63, 3.8) is 0 Å². The topological polar surface area (TPSA) is 66.8 Å². The lowest BCUT2D eigenvalue weighted by Crippen LogP contribution is -2.32. The molecule has 1 N–H and O–H groups in total. The number of esters is 1. The Labute approximate surface area is 118 Å². The quantitative estimate of drug-likeness (QED) is 0.850. The molecule has 2 rings (SSSR count). The standard InChI is InChI=1S/C15H19NO4/c1-11(12-4-6-13(17)7-5-12)15(19)20-10-14(18)16-8-2-3-9-16/h4-7,11,17H,2-3,8-10H2,1H3/t11-/m0/s1. The molecule has 0 aromatic heterocycles. The number of carbonyl (C=O) groups is 2. The largest absolute Gasteiger partial charge is 0.508 e. The first-order chi connectivity index (χ1) is 9.58. The Kier molecular flexibility index (Phi) is 4.61. The zero-order valence-corrected chi connectivity index (χ0v) is 11.5. The molecule has 108 valence electrons. The summed E-state index contributed by atoms with van der Waals surface area (Å²) >= 11 is 0. The van der Waals surface area contributed by atoms with Crippen LogP contribution in [0.2, 0.25) is 0 Å². The molecule has 0 radical (unpaired) electrons. The smallest absolute Gasteiger partial charge is 0.313 e. The van der Waals surface area contributed by atoms with Crippen LogP contribution in [0.1, 0.15) is 31.2 Å². The number of amides is 1. The van der Waals surface area contributed by atoms with E-state index < -0.39 is 11.9 Å².